The summed E-state index contributed by atoms with van der Waals surface area (Å²) in [5, 5.41) is 12.1. The number of rotatable bonds is 5. The maximum absolute atomic E-state index is 11.6. The number of halogens is 1. The van der Waals surface area contributed by atoms with Gasteiger partial charge in [-0.1, -0.05) is 23.7 Å². The van der Waals surface area contributed by atoms with Gasteiger partial charge >= 0.3 is 5.97 Å². The van der Waals surface area contributed by atoms with Gasteiger partial charge in [0.1, 0.15) is 0 Å². The summed E-state index contributed by atoms with van der Waals surface area (Å²) >= 11 is 5.85. The van der Waals surface area contributed by atoms with E-state index in [0.717, 1.165) is 5.56 Å². The average molecular weight is 268 g/mol. The fourth-order valence-electron chi connectivity index (χ4n) is 1.91. The minimum Gasteiger partial charge on any atom is -0.481 e. The monoisotopic (exact) mass is 267 g/mol. The Kier molecular flexibility index (Phi) is 3.87. The Morgan fingerprint density at radius 2 is 2.17 bits per heavy atom. The van der Waals surface area contributed by atoms with Crippen LogP contribution in [0.5, 0.6) is 0 Å². The lowest BCUT2D eigenvalue weighted by molar-refractivity contribution is -0.140. The van der Waals surface area contributed by atoms with Crippen LogP contribution in [-0.2, 0) is 16.0 Å². The zero-order valence-corrected chi connectivity index (χ0v) is 10.5. The summed E-state index contributed by atoms with van der Waals surface area (Å²) in [7, 11) is 0. The van der Waals surface area contributed by atoms with Gasteiger partial charge in [0.05, 0.1) is 11.8 Å². The Bertz CT molecular complexity index is 475. The molecule has 1 saturated carbocycles. The molecule has 0 aliphatic heterocycles. The van der Waals surface area contributed by atoms with Gasteiger partial charge in [-0.15, -0.1) is 0 Å². The summed E-state index contributed by atoms with van der Waals surface area (Å²) in [5.41, 5.74) is 1.05. The molecular formula is C13H14ClNO3. The standard InChI is InChI=1S/C13H14ClNO3/c14-9-3-1-2-8(6-9)4-5-15-12(16)10-7-11(10)13(17)18/h1-3,6,10-11H,4-5,7H2,(H,15,16)(H,17,18)/t10-,11-/m1/s1. The largest absolute Gasteiger partial charge is 0.481 e. The SMILES string of the molecule is O=C(O)[C@@H]1C[C@H]1C(=O)NCCc1cccc(Cl)c1. The lowest BCUT2D eigenvalue weighted by atomic mass is 10.1. The number of nitrogens with one attached hydrogen (secondary N) is 1. The predicted octanol–water partition coefficient (Wildman–Crippen LogP) is 1.72. The molecule has 0 radical (unpaired) electrons. The molecule has 1 aromatic rings. The summed E-state index contributed by atoms with van der Waals surface area (Å²) in [5.74, 6) is -1.88. The molecule has 1 aromatic carbocycles. The van der Waals surface area contributed by atoms with Crippen molar-refractivity contribution in [1.82, 2.24) is 5.32 Å². The third-order valence-corrected chi connectivity index (χ3v) is 3.28. The number of carbonyl (C=O) groups excluding carboxylic acids is 1. The van der Waals surface area contributed by atoms with E-state index in [0.29, 0.717) is 24.4 Å². The van der Waals surface area contributed by atoms with Crippen LogP contribution < -0.4 is 5.32 Å². The number of hydrogen-bond donors (Lipinski definition) is 2. The maximum Gasteiger partial charge on any atom is 0.307 e. The Hall–Kier alpha value is -1.55. The van der Waals surface area contributed by atoms with Crippen LogP contribution in [0.25, 0.3) is 0 Å². The second-order valence-electron chi connectivity index (χ2n) is 4.46. The van der Waals surface area contributed by atoms with Crippen LogP contribution >= 0.6 is 11.6 Å². The Balaban J connectivity index is 1.73. The summed E-state index contributed by atoms with van der Waals surface area (Å²) in [6, 6.07) is 7.45. The maximum atomic E-state index is 11.6. The predicted molar refractivity (Wildman–Crippen MR) is 67.4 cm³/mol. The molecule has 96 valence electrons. The molecule has 18 heavy (non-hydrogen) atoms. The van der Waals surface area contributed by atoms with Crippen molar-refractivity contribution in [3.63, 3.8) is 0 Å². The van der Waals surface area contributed by atoms with E-state index in [9.17, 15) is 9.59 Å². The number of carboxylic acids is 1. The molecule has 0 aromatic heterocycles. The summed E-state index contributed by atoms with van der Waals surface area (Å²) in [6.45, 7) is 0.502. The molecule has 1 aliphatic rings. The molecule has 1 fully saturated rings. The molecule has 0 unspecified atom stereocenters. The van der Waals surface area contributed by atoms with E-state index < -0.39 is 11.9 Å². The topological polar surface area (TPSA) is 66.4 Å². The van der Waals surface area contributed by atoms with Crippen LogP contribution in [0.4, 0.5) is 0 Å². The molecule has 0 saturated heterocycles. The molecular weight excluding hydrogens is 254 g/mol. The summed E-state index contributed by atoms with van der Waals surface area (Å²) in [6.07, 6.45) is 1.15. The lowest BCUT2D eigenvalue weighted by Crippen LogP contribution is -2.28. The van der Waals surface area contributed by atoms with E-state index in [-0.39, 0.29) is 11.8 Å². The van der Waals surface area contributed by atoms with Gasteiger partial charge < -0.3 is 10.4 Å². The normalized spacial score (nSPS) is 21.4. The second kappa shape index (κ2) is 5.40. The summed E-state index contributed by atoms with van der Waals surface area (Å²) < 4.78 is 0. The van der Waals surface area contributed by atoms with Crippen LogP contribution in [0, 0.1) is 11.8 Å². The highest BCUT2D eigenvalue weighted by molar-refractivity contribution is 6.30. The van der Waals surface area contributed by atoms with Crippen molar-refractivity contribution in [2.75, 3.05) is 6.54 Å². The molecule has 0 spiro atoms. The molecule has 1 aliphatic carbocycles. The van der Waals surface area contributed by atoms with Crippen molar-refractivity contribution in [1.29, 1.82) is 0 Å². The number of aliphatic carboxylic acids is 1. The highest BCUT2D eigenvalue weighted by Gasteiger charge is 2.48. The Morgan fingerprint density at radius 1 is 1.39 bits per heavy atom. The third-order valence-electron chi connectivity index (χ3n) is 3.05. The molecule has 0 heterocycles. The number of benzene rings is 1. The van der Waals surface area contributed by atoms with Crippen molar-refractivity contribution < 1.29 is 14.7 Å². The summed E-state index contributed by atoms with van der Waals surface area (Å²) in [4.78, 5) is 22.2. The highest BCUT2D eigenvalue weighted by atomic mass is 35.5. The highest BCUT2D eigenvalue weighted by Crippen LogP contribution is 2.38. The van der Waals surface area contributed by atoms with Crippen LogP contribution in [0.3, 0.4) is 0 Å². The Morgan fingerprint density at radius 3 is 2.78 bits per heavy atom. The average Bonchev–Trinajstić information content (AvgIpc) is 3.09. The van der Waals surface area contributed by atoms with Crippen LogP contribution in [-0.4, -0.2) is 23.5 Å². The van der Waals surface area contributed by atoms with Crippen molar-refractivity contribution >= 4 is 23.5 Å². The minimum atomic E-state index is -0.884. The molecule has 4 nitrogen and oxygen atoms in total. The van der Waals surface area contributed by atoms with Crippen molar-refractivity contribution in [3.8, 4) is 0 Å². The van der Waals surface area contributed by atoms with Crippen molar-refractivity contribution in [2.45, 2.75) is 12.8 Å². The lowest BCUT2D eigenvalue weighted by Gasteiger charge is -2.05. The van der Waals surface area contributed by atoms with Gasteiger partial charge in [0.2, 0.25) is 5.91 Å². The third kappa shape index (κ3) is 3.23. The fourth-order valence-corrected chi connectivity index (χ4v) is 2.12. The van der Waals surface area contributed by atoms with E-state index in [2.05, 4.69) is 5.32 Å². The first-order valence-corrected chi connectivity index (χ1v) is 6.20. The van der Waals surface area contributed by atoms with Gasteiger partial charge in [-0.05, 0) is 30.5 Å². The van der Waals surface area contributed by atoms with Gasteiger partial charge in [0.25, 0.3) is 0 Å². The Labute approximate surface area is 110 Å². The number of carboxylic acid groups (broad SMARTS) is 1. The van der Waals surface area contributed by atoms with Gasteiger partial charge in [0, 0.05) is 11.6 Å². The number of carbonyl (C=O) groups is 2. The quantitative estimate of drug-likeness (QED) is 0.854. The van der Waals surface area contributed by atoms with Crippen LogP contribution in [0.2, 0.25) is 5.02 Å². The minimum absolute atomic E-state index is 0.163. The molecule has 2 rings (SSSR count). The number of amides is 1. The van der Waals surface area contributed by atoms with Crippen molar-refractivity contribution in [3.05, 3.63) is 34.9 Å². The smallest absolute Gasteiger partial charge is 0.307 e. The molecule has 2 N–H and O–H groups in total. The molecule has 0 bridgehead atoms. The fraction of sp³-hybridized carbons (Fsp3) is 0.385. The van der Waals surface area contributed by atoms with E-state index >= 15 is 0 Å². The molecule has 1 amide bonds. The first-order valence-electron chi connectivity index (χ1n) is 5.83. The zero-order chi connectivity index (χ0) is 13.1. The second-order valence-corrected chi connectivity index (χ2v) is 4.89. The molecule has 2 atom stereocenters. The van der Waals surface area contributed by atoms with Crippen molar-refractivity contribution in [2.24, 2.45) is 11.8 Å². The zero-order valence-electron chi connectivity index (χ0n) is 9.73. The van der Waals surface area contributed by atoms with Gasteiger partial charge in [-0.3, -0.25) is 9.59 Å². The van der Waals surface area contributed by atoms with E-state index in [1.54, 1.807) is 6.07 Å². The first kappa shape index (κ1) is 12.9. The van der Waals surface area contributed by atoms with E-state index in [4.69, 9.17) is 16.7 Å². The van der Waals surface area contributed by atoms with Crippen LogP contribution in [0.15, 0.2) is 24.3 Å². The van der Waals surface area contributed by atoms with Crippen LogP contribution in [0.1, 0.15) is 12.0 Å². The number of hydrogen-bond acceptors (Lipinski definition) is 2. The van der Waals surface area contributed by atoms with Gasteiger partial charge in [0.15, 0.2) is 0 Å². The van der Waals surface area contributed by atoms with E-state index in [1.807, 2.05) is 18.2 Å². The first-order chi connectivity index (χ1) is 8.58. The van der Waals surface area contributed by atoms with Gasteiger partial charge in [-0.2, -0.15) is 0 Å². The van der Waals surface area contributed by atoms with Gasteiger partial charge in [-0.25, -0.2) is 0 Å². The van der Waals surface area contributed by atoms with E-state index in [1.165, 1.54) is 0 Å². The molecule has 5 heteroatoms.